The first-order chi connectivity index (χ1) is 13.3. The van der Waals surface area contributed by atoms with E-state index in [1.807, 2.05) is 0 Å². The summed E-state index contributed by atoms with van der Waals surface area (Å²) in [6.45, 7) is 0. The van der Waals surface area contributed by atoms with Gasteiger partial charge in [0.25, 0.3) is 0 Å². The Morgan fingerprint density at radius 3 is 2.11 bits per heavy atom. The maximum Gasteiger partial charge on any atom is 0.236 e. The lowest BCUT2D eigenvalue weighted by molar-refractivity contribution is -0.116. The number of hydrogen-bond donors (Lipinski definition) is 1. The minimum absolute atomic E-state index is 0.0722. The molecular formula is C21H16FNO4S. The molecule has 1 aliphatic rings. The molecule has 0 saturated carbocycles. The molecule has 0 radical (unpaired) electrons. The van der Waals surface area contributed by atoms with Crippen LogP contribution in [0.2, 0.25) is 0 Å². The third kappa shape index (κ3) is 3.25. The maximum atomic E-state index is 14.2. The Hall–Kier alpha value is -3.19. The first kappa shape index (κ1) is 18.2. The summed E-state index contributed by atoms with van der Waals surface area (Å²) < 4.78 is 43.6. The van der Waals surface area contributed by atoms with E-state index in [1.165, 1.54) is 6.07 Å². The Balaban J connectivity index is 1.76. The first-order valence-electron chi connectivity index (χ1n) is 8.51. The van der Waals surface area contributed by atoms with Crippen molar-refractivity contribution in [2.45, 2.75) is 10.8 Å². The second kappa shape index (κ2) is 6.76. The number of carbonyl (C=O) groups is 1. The Bertz CT molecular complexity index is 1150. The molecule has 0 bridgehead atoms. The number of amides is 1. The van der Waals surface area contributed by atoms with Crippen LogP contribution in [0.4, 0.5) is 10.1 Å². The van der Waals surface area contributed by atoms with Gasteiger partial charge in [-0.15, -0.1) is 0 Å². The minimum Gasteiger partial charge on any atom is -0.457 e. The van der Waals surface area contributed by atoms with Gasteiger partial charge >= 0.3 is 0 Å². The summed E-state index contributed by atoms with van der Waals surface area (Å²) in [4.78, 5) is 13.1. The molecule has 0 atom stereocenters. The first-order valence-corrected chi connectivity index (χ1v) is 10.4. The van der Waals surface area contributed by atoms with Crippen LogP contribution in [0.25, 0.3) is 0 Å². The third-order valence-corrected chi connectivity index (χ3v) is 5.68. The third-order valence-electron chi connectivity index (χ3n) is 4.57. The molecule has 0 fully saturated rings. The van der Waals surface area contributed by atoms with E-state index >= 15 is 0 Å². The fourth-order valence-electron chi connectivity index (χ4n) is 3.23. The highest BCUT2D eigenvalue weighted by Gasteiger charge is 2.32. The van der Waals surface area contributed by atoms with Crippen LogP contribution in [0.15, 0.2) is 71.6 Å². The molecule has 28 heavy (non-hydrogen) atoms. The zero-order chi connectivity index (χ0) is 19.9. The number of nitrogens with one attached hydrogen (secondary N) is 1. The van der Waals surface area contributed by atoms with Crippen LogP contribution in [-0.4, -0.2) is 20.6 Å². The van der Waals surface area contributed by atoms with Crippen molar-refractivity contribution in [1.82, 2.24) is 0 Å². The van der Waals surface area contributed by atoms with Gasteiger partial charge < -0.3 is 10.1 Å². The van der Waals surface area contributed by atoms with Crippen molar-refractivity contribution in [3.63, 3.8) is 0 Å². The Morgan fingerprint density at radius 2 is 1.54 bits per heavy atom. The fourth-order valence-corrected chi connectivity index (χ4v) is 3.88. The second-order valence-corrected chi connectivity index (χ2v) is 8.53. The number of ether oxygens (including phenoxy) is 1. The summed E-state index contributed by atoms with van der Waals surface area (Å²) in [5, 5.41) is 2.54. The van der Waals surface area contributed by atoms with E-state index in [4.69, 9.17) is 4.74 Å². The summed E-state index contributed by atoms with van der Waals surface area (Å²) in [5.41, 5.74) is 1.12. The van der Waals surface area contributed by atoms with E-state index in [-0.39, 0.29) is 10.6 Å². The number of para-hydroxylation sites is 2. The van der Waals surface area contributed by atoms with Crippen molar-refractivity contribution in [2.75, 3.05) is 11.6 Å². The van der Waals surface area contributed by atoms with Crippen LogP contribution in [0.5, 0.6) is 11.5 Å². The van der Waals surface area contributed by atoms with Crippen LogP contribution in [0.1, 0.15) is 17.0 Å². The molecule has 5 nitrogen and oxygen atoms in total. The normalized spacial score (nSPS) is 13.2. The molecule has 0 aliphatic carbocycles. The molecule has 7 heteroatoms. The summed E-state index contributed by atoms with van der Waals surface area (Å²) in [7, 11) is -3.54. The number of carbonyl (C=O) groups excluding carboxylic acids is 1. The molecule has 3 aromatic rings. The van der Waals surface area contributed by atoms with Crippen molar-refractivity contribution in [1.29, 1.82) is 0 Å². The van der Waals surface area contributed by atoms with Gasteiger partial charge in [-0.3, -0.25) is 4.79 Å². The van der Waals surface area contributed by atoms with Crippen molar-refractivity contribution in [3.05, 3.63) is 83.7 Å². The summed E-state index contributed by atoms with van der Waals surface area (Å²) in [5.74, 6) is -0.817. The van der Waals surface area contributed by atoms with Crippen molar-refractivity contribution in [2.24, 2.45) is 0 Å². The van der Waals surface area contributed by atoms with Gasteiger partial charge in [-0.2, -0.15) is 0 Å². The quantitative estimate of drug-likeness (QED) is 0.675. The molecule has 0 unspecified atom stereocenters. The largest absolute Gasteiger partial charge is 0.457 e. The Kier molecular flexibility index (Phi) is 4.39. The predicted molar refractivity (Wildman–Crippen MR) is 103 cm³/mol. The standard InChI is InChI=1S/C21H16FNO4S/c1-28(25,26)13-10-11-16(22)17(12-13)23-21(24)20-14-6-2-4-8-18(14)27-19-9-5-3-7-15(19)20/h2-12,20H,1H3,(H,23,24). The fraction of sp³-hybridized carbons (Fsp3) is 0.0952. The van der Waals surface area contributed by atoms with Gasteiger partial charge in [-0.25, -0.2) is 12.8 Å². The lowest BCUT2D eigenvalue weighted by atomic mass is 9.87. The topological polar surface area (TPSA) is 72.5 Å². The second-order valence-electron chi connectivity index (χ2n) is 6.51. The molecule has 1 heterocycles. The molecule has 1 N–H and O–H groups in total. The van der Waals surface area contributed by atoms with E-state index in [9.17, 15) is 17.6 Å². The van der Waals surface area contributed by atoms with E-state index in [1.54, 1.807) is 48.5 Å². The number of benzene rings is 3. The maximum absolute atomic E-state index is 14.2. The number of rotatable bonds is 3. The van der Waals surface area contributed by atoms with E-state index in [0.29, 0.717) is 22.6 Å². The zero-order valence-corrected chi connectivity index (χ0v) is 15.7. The van der Waals surface area contributed by atoms with Gasteiger partial charge in [-0.05, 0) is 30.3 Å². The van der Waals surface area contributed by atoms with Crippen LogP contribution < -0.4 is 10.1 Å². The Morgan fingerprint density at radius 1 is 0.964 bits per heavy atom. The molecule has 0 spiro atoms. The van der Waals surface area contributed by atoms with Crippen molar-refractivity contribution < 1.29 is 22.3 Å². The van der Waals surface area contributed by atoms with Gasteiger partial charge in [0.2, 0.25) is 5.91 Å². The SMILES string of the molecule is CS(=O)(=O)c1ccc(F)c(NC(=O)C2c3ccccc3Oc3ccccc32)c1. The van der Waals surface area contributed by atoms with Gasteiger partial charge in [0.1, 0.15) is 17.3 Å². The number of fused-ring (bicyclic) bond motifs is 2. The lowest BCUT2D eigenvalue weighted by Gasteiger charge is -2.27. The van der Waals surface area contributed by atoms with Crippen LogP contribution >= 0.6 is 0 Å². The molecule has 3 aromatic carbocycles. The smallest absolute Gasteiger partial charge is 0.236 e. The lowest BCUT2D eigenvalue weighted by Crippen LogP contribution is -2.25. The van der Waals surface area contributed by atoms with Crippen LogP contribution in [-0.2, 0) is 14.6 Å². The van der Waals surface area contributed by atoms with E-state index < -0.39 is 27.5 Å². The van der Waals surface area contributed by atoms with Gasteiger partial charge in [-0.1, -0.05) is 36.4 Å². The molecule has 4 rings (SSSR count). The van der Waals surface area contributed by atoms with Gasteiger partial charge in [0.05, 0.1) is 16.5 Å². The predicted octanol–water partition coefficient (Wildman–Crippen LogP) is 4.11. The average molecular weight is 397 g/mol. The van der Waals surface area contributed by atoms with E-state index in [0.717, 1.165) is 18.4 Å². The zero-order valence-electron chi connectivity index (χ0n) is 14.8. The minimum atomic E-state index is -3.54. The van der Waals surface area contributed by atoms with Crippen LogP contribution in [0, 0.1) is 5.82 Å². The monoisotopic (exact) mass is 397 g/mol. The summed E-state index contributed by atoms with van der Waals surface area (Å²) >= 11 is 0. The van der Waals surface area contributed by atoms with Gasteiger partial charge in [0.15, 0.2) is 9.84 Å². The molecule has 1 amide bonds. The molecule has 0 aromatic heterocycles. The molecule has 0 saturated heterocycles. The number of anilines is 1. The average Bonchev–Trinajstić information content (AvgIpc) is 2.66. The van der Waals surface area contributed by atoms with Crippen molar-refractivity contribution >= 4 is 21.4 Å². The summed E-state index contributed by atoms with van der Waals surface area (Å²) in [6.07, 6.45) is 1.02. The highest BCUT2D eigenvalue weighted by molar-refractivity contribution is 7.90. The summed E-state index contributed by atoms with van der Waals surface area (Å²) in [6, 6.07) is 17.6. The van der Waals surface area contributed by atoms with E-state index in [2.05, 4.69) is 5.32 Å². The Labute approximate surface area is 161 Å². The molecular weight excluding hydrogens is 381 g/mol. The highest BCUT2D eigenvalue weighted by Crippen LogP contribution is 2.44. The number of sulfone groups is 1. The number of halogens is 1. The van der Waals surface area contributed by atoms with Crippen molar-refractivity contribution in [3.8, 4) is 11.5 Å². The van der Waals surface area contributed by atoms with Gasteiger partial charge in [0, 0.05) is 17.4 Å². The molecule has 1 aliphatic heterocycles. The molecule has 142 valence electrons. The number of hydrogen-bond acceptors (Lipinski definition) is 4. The highest BCUT2D eigenvalue weighted by atomic mass is 32.2. The van der Waals surface area contributed by atoms with Crippen LogP contribution in [0.3, 0.4) is 0 Å².